The van der Waals surface area contributed by atoms with Crippen LogP contribution in [0.15, 0.2) is 70.1 Å². The van der Waals surface area contributed by atoms with E-state index in [1.807, 2.05) is 11.3 Å². The zero-order valence-electron chi connectivity index (χ0n) is 14.9. The van der Waals surface area contributed by atoms with Gasteiger partial charge in [-0.25, -0.2) is 0 Å². The molecule has 5 aromatic rings. The summed E-state index contributed by atoms with van der Waals surface area (Å²) in [5.41, 5.74) is 2.58. The lowest BCUT2D eigenvalue weighted by Crippen LogP contribution is -2.05. The first-order chi connectivity index (χ1) is 14.3. The van der Waals surface area contributed by atoms with Gasteiger partial charge in [0.2, 0.25) is 0 Å². The number of thiophene rings is 5. The average molecular weight is 487 g/mol. The van der Waals surface area contributed by atoms with Gasteiger partial charge in [-0.15, -0.1) is 56.7 Å². The first-order valence-corrected chi connectivity index (χ1v) is 14.6. The van der Waals surface area contributed by atoms with E-state index in [4.69, 9.17) is 0 Å². The van der Waals surface area contributed by atoms with Gasteiger partial charge in [0.05, 0.1) is 20.3 Å². The topological polar surface area (TPSA) is 17.1 Å². The Morgan fingerprint density at radius 2 is 1.07 bits per heavy atom. The monoisotopic (exact) mass is 486 g/mol. The van der Waals surface area contributed by atoms with Gasteiger partial charge in [-0.2, -0.15) is 0 Å². The van der Waals surface area contributed by atoms with Crippen LogP contribution >= 0.6 is 56.7 Å². The molecule has 0 aromatic carbocycles. The van der Waals surface area contributed by atoms with Gasteiger partial charge in [-0.3, -0.25) is 4.21 Å². The highest BCUT2D eigenvalue weighted by molar-refractivity contribution is 7.86. The van der Waals surface area contributed by atoms with Crippen molar-refractivity contribution < 1.29 is 4.21 Å². The van der Waals surface area contributed by atoms with E-state index in [1.54, 1.807) is 45.3 Å². The lowest BCUT2D eigenvalue weighted by molar-refractivity contribution is 0.678. The van der Waals surface area contributed by atoms with Gasteiger partial charge >= 0.3 is 0 Å². The molecule has 0 bridgehead atoms. The van der Waals surface area contributed by atoms with E-state index in [-0.39, 0.29) is 10.5 Å². The van der Waals surface area contributed by atoms with Crippen LogP contribution in [0.5, 0.6) is 0 Å². The molecule has 2 atom stereocenters. The van der Waals surface area contributed by atoms with Crippen molar-refractivity contribution in [3.05, 3.63) is 90.9 Å². The predicted octanol–water partition coefficient (Wildman–Crippen LogP) is 8.27. The molecule has 29 heavy (non-hydrogen) atoms. The molecule has 7 heteroatoms. The third-order valence-corrected chi connectivity index (χ3v) is 12.5. The Morgan fingerprint density at radius 1 is 0.621 bits per heavy atom. The van der Waals surface area contributed by atoms with Crippen molar-refractivity contribution in [2.24, 2.45) is 0 Å². The second kappa shape index (κ2) is 7.41. The molecule has 0 amide bonds. The highest BCUT2D eigenvalue weighted by Gasteiger charge is 2.46. The molecule has 0 radical (unpaired) electrons. The smallest absolute Gasteiger partial charge is 0.0967 e. The van der Waals surface area contributed by atoms with Crippen molar-refractivity contribution in [1.29, 1.82) is 0 Å². The van der Waals surface area contributed by atoms with E-state index in [1.165, 1.54) is 40.4 Å². The van der Waals surface area contributed by atoms with Crippen molar-refractivity contribution in [3.63, 3.8) is 0 Å². The Kier molecular flexibility index (Phi) is 4.71. The van der Waals surface area contributed by atoms with Crippen LogP contribution in [0.4, 0.5) is 0 Å². The van der Waals surface area contributed by atoms with Gasteiger partial charge < -0.3 is 0 Å². The molecule has 2 unspecified atom stereocenters. The van der Waals surface area contributed by atoms with Gasteiger partial charge in [0.1, 0.15) is 0 Å². The molecule has 6 rings (SSSR count). The molecule has 0 saturated heterocycles. The lowest BCUT2D eigenvalue weighted by atomic mass is 9.99. The SMILES string of the molecule is O=S1C(c2cccs2)c2c(-c3cccs3)sc(-c3cccs3)c2C1c1cccs1. The summed E-state index contributed by atoms with van der Waals surface area (Å²) in [6.45, 7) is 0. The second-order valence-electron chi connectivity index (χ2n) is 6.66. The first-order valence-electron chi connectivity index (χ1n) is 9.03. The fourth-order valence-electron chi connectivity index (χ4n) is 3.92. The molecule has 144 valence electrons. The van der Waals surface area contributed by atoms with Gasteiger partial charge in [0.15, 0.2) is 0 Å². The fraction of sp³-hybridized carbons (Fsp3) is 0.0909. The van der Waals surface area contributed by atoms with Crippen LogP contribution < -0.4 is 0 Å². The molecule has 0 saturated carbocycles. The number of hydrogen-bond acceptors (Lipinski definition) is 6. The summed E-state index contributed by atoms with van der Waals surface area (Å²) in [4.78, 5) is 7.56. The largest absolute Gasteiger partial charge is 0.258 e. The summed E-state index contributed by atoms with van der Waals surface area (Å²) in [5, 5.41) is 8.35. The summed E-state index contributed by atoms with van der Waals surface area (Å²) in [6, 6.07) is 17.1. The minimum Gasteiger partial charge on any atom is -0.258 e. The Morgan fingerprint density at radius 3 is 1.45 bits per heavy atom. The maximum atomic E-state index is 14.0. The van der Waals surface area contributed by atoms with Crippen LogP contribution in [0.2, 0.25) is 0 Å². The Balaban J connectivity index is 1.69. The van der Waals surface area contributed by atoms with Crippen LogP contribution in [0.25, 0.3) is 19.5 Å². The van der Waals surface area contributed by atoms with Crippen LogP contribution in [0, 0.1) is 0 Å². The van der Waals surface area contributed by atoms with Crippen LogP contribution in [0.1, 0.15) is 31.4 Å². The second-order valence-corrected chi connectivity index (χ2v) is 13.1. The van der Waals surface area contributed by atoms with E-state index in [0.717, 1.165) is 0 Å². The molecule has 0 N–H and O–H groups in total. The molecule has 0 fully saturated rings. The average Bonchev–Trinajstić information content (AvgIpc) is 3.55. The van der Waals surface area contributed by atoms with Crippen molar-refractivity contribution >= 4 is 67.5 Å². The van der Waals surface area contributed by atoms with E-state index in [9.17, 15) is 4.21 Å². The summed E-state index contributed by atoms with van der Waals surface area (Å²) in [6.07, 6.45) is 0. The van der Waals surface area contributed by atoms with E-state index in [2.05, 4.69) is 70.1 Å². The van der Waals surface area contributed by atoms with Gasteiger partial charge in [-0.1, -0.05) is 24.3 Å². The van der Waals surface area contributed by atoms with E-state index < -0.39 is 10.8 Å². The maximum absolute atomic E-state index is 14.0. The standard InChI is InChI=1S/C22H14OS6/c23-29-21(15-7-3-11-26-15)17-18(22(29)16-8-4-12-27-16)20(14-6-2-10-25-14)28-19(17)13-5-1-9-24-13/h1-12,21-22H. The van der Waals surface area contributed by atoms with Crippen LogP contribution in [-0.2, 0) is 10.8 Å². The molecule has 1 aliphatic rings. The highest BCUT2D eigenvalue weighted by Crippen LogP contribution is 2.60. The van der Waals surface area contributed by atoms with E-state index in [0.29, 0.717) is 0 Å². The Bertz CT molecular complexity index is 1160. The van der Waals surface area contributed by atoms with E-state index >= 15 is 0 Å². The zero-order valence-corrected chi connectivity index (χ0v) is 19.8. The molecule has 5 aromatic heterocycles. The minimum absolute atomic E-state index is 0.0563. The van der Waals surface area contributed by atoms with Gasteiger partial charge in [0, 0.05) is 30.3 Å². The summed E-state index contributed by atoms with van der Waals surface area (Å²) < 4.78 is 14.0. The third-order valence-electron chi connectivity index (χ3n) is 5.07. The minimum atomic E-state index is -1.03. The van der Waals surface area contributed by atoms with Crippen molar-refractivity contribution in [2.45, 2.75) is 10.5 Å². The molecule has 0 spiro atoms. The fourth-order valence-corrected chi connectivity index (χ4v) is 11.4. The van der Waals surface area contributed by atoms with Gasteiger partial charge in [-0.05, 0) is 56.9 Å². The number of rotatable bonds is 4. The quantitative estimate of drug-likeness (QED) is 0.250. The number of fused-ring (bicyclic) bond motifs is 1. The predicted molar refractivity (Wildman–Crippen MR) is 131 cm³/mol. The summed E-state index contributed by atoms with van der Waals surface area (Å²) >= 11 is 8.86. The van der Waals surface area contributed by atoms with Gasteiger partial charge in [0.25, 0.3) is 0 Å². The summed E-state index contributed by atoms with van der Waals surface area (Å²) in [5.74, 6) is 0. The lowest BCUT2D eigenvalue weighted by Gasteiger charge is -2.13. The molecule has 1 aliphatic heterocycles. The molecule has 1 nitrogen and oxygen atoms in total. The van der Waals surface area contributed by atoms with Crippen LogP contribution in [-0.4, -0.2) is 4.21 Å². The first kappa shape index (κ1) is 18.4. The molecular weight excluding hydrogens is 473 g/mol. The summed E-state index contributed by atoms with van der Waals surface area (Å²) in [7, 11) is -1.03. The van der Waals surface area contributed by atoms with Crippen molar-refractivity contribution in [2.75, 3.05) is 0 Å². The third kappa shape index (κ3) is 2.91. The van der Waals surface area contributed by atoms with Crippen molar-refractivity contribution in [3.8, 4) is 19.5 Å². The Hall–Kier alpha value is -1.35. The molecule has 0 aliphatic carbocycles. The Labute approximate surface area is 191 Å². The van der Waals surface area contributed by atoms with Crippen LogP contribution in [0.3, 0.4) is 0 Å². The molecular formula is C22H14OS6. The molecule has 6 heterocycles. The maximum Gasteiger partial charge on any atom is 0.0967 e. The zero-order chi connectivity index (χ0) is 19.4. The normalized spacial score (nSPS) is 20.9. The highest BCUT2D eigenvalue weighted by atomic mass is 32.2. The number of hydrogen-bond donors (Lipinski definition) is 0. The van der Waals surface area contributed by atoms with Crippen molar-refractivity contribution in [1.82, 2.24) is 0 Å².